The summed E-state index contributed by atoms with van der Waals surface area (Å²) in [5, 5.41) is 8.39. The third-order valence-electron chi connectivity index (χ3n) is 2.45. The van der Waals surface area contributed by atoms with E-state index in [-0.39, 0.29) is 22.3 Å². The average Bonchev–Trinajstić information content (AvgIpc) is 2.44. The van der Waals surface area contributed by atoms with Crippen molar-refractivity contribution in [3.05, 3.63) is 52.9 Å². The van der Waals surface area contributed by atoms with Crippen molar-refractivity contribution in [1.82, 2.24) is 4.98 Å². The van der Waals surface area contributed by atoms with E-state index in [1.165, 1.54) is 36.5 Å². The monoisotopic (exact) mass is 316 g/mol. The molecule has 0 aliphatic heterocycles. The Labute approximate surface area is 120 Å². The summed E-state index contributed by atoms with van der Waals surface area (Å²) in [4.78, 5) is 3.70. The number of aliphatic hydroxyl groups is 1. The van der Waals surface area contributed by atoms with E-state index in [0.717, 1.165) is 0 Å². The number of nitrogens with zero attached hydrogens (tertiary/aromatic N) is 1. The third-order valence-corrected chi connectivity index (χ3v) is 4.02. The van der Waals surface area contributed by atoms with Crippen LogP contribution in [0.2, 0.25) is 5.02 Å². The van der Waals surface area contributed by atoms with E-state index < -0.39 is 15.8 Å². The van der Waals surface area contributed by atoms with Crippen LogP contribution < -0.4 is 4.72 Å². The van der Waals surface area contributed by atoms with Gasteiger partial charge in [0.25, 0.3) is 10.0 Å². The largest absolute Gasteiger partial charge is 0.392 e. The first-order valence-electron chi connectivity index (χ1n) is 5.46. The highest BCUT2D eigenvalue weighted by atomic mass is 35.5. The molecule has 0 unspecified atom stereocenters. The zero-order valence-corrected chi connectivity index (χ0v) is 11.6. The van der Waals surface area contributed by atoms with Gasteiger partial charge in [0.1, 0.15) is 0 Å². The number of aliphatic hydroxyl groups excluding tert-OH is 1. The Morgan fingerprint density at radius 2 is 2.05 bits per heavy atom. The van der Waals surface area contributed by atoms with Crippen molar-refractivity contribution in [1.29, 1.82) is 0 Å². The second-order valence-corrected chi connectivity index (χ2v) is 5.91. The number of hydrogen-bond donors (Lipinski definition) is 2. The van der Waals surface area contributed by atoms with Gasteiger partial charge in [-0.05, 0) is 23.8 Å². The van der Waals surface area contributed by atoms with E-state index in [1.807, 2.05) is 0 Å². The molecule has 0 radical (unpaired) electrons. The van der Waals surface area contributed by atoms with Crippen molar-refractivity contribution in [2.45, 2.75) is 11.6 Å². The Balaban J connectivity index is 2.33. The highest BCUT2D eigenvalue weighted by Crippen LogP contribution is 2.24. The lowest BCUT2D eigenvalue weighted by molar-refractivity contribution is 0.281. The number of hydrogen-bond acceptors (Lipinski definition) is 4. The molecule has 1 heterocycles. The minimum absolute atomic E-state index is 0.186. The molecule has 0 saturated carbocycles. The van der Waals surface area contributed by atoms with Gasteiger partial charge in [-0.1, -0.05) is 23.7 Å². The van der Waals surface area contributed by atoms with Crippen molar-refractivity contribution < 1.29 is 17.9 Å². The van der Waals surface area contributed by atoms with Crippen molar-refractivity contribution in [3.63, 3.8) is 0 Å². The van der Waals surface area contributed by atoms with Gasteiger partial charge in [-0.15, -0.1) is 0 Å². The SMILES string of the molecule is O=S(=O)(Nc1cccc(Cl)c1F)c1ccc(CO)cn1. The maximum absolute atomic E-state index is 13.7. The van der Waals surface area contributed by atoms with E-state index in [0.29, 0.717) is 5.56 Å². The highest BCUT2D eigenvalue weighted by Gasteiger charge is 2.18. The van der Waals surface area contributed by atoms with Crippen LogP contribution in [0, 0.1) is 5.82 Å². The summed E-state index contributed by atoms with van der Waals surface area (Å²) in [5.41, 5.74) is 0.212. The molecule has 0 fully saturated rings. The molecule has 0 amide bonds. The Morgan fingerprint density at radius 1 is 1.30 bits per heavy atom. The number of benzene rings is 1. The summed E-state index contributed by atoms with van der Waals surface area (Å²) < 4.78 is 39.8. The molecule has 0 aliphatic rings. The molecule has 0 saturated heterocycles. The lowest BCUT2D eigenvalue weighted by atomic mass is 10.3. The number of pyridine rings is 1. The van der Waals surface area contributed by atoms with Crippen LogP contribution in [0.3, 0.4) is 0 Å². The van der Waals surface area contributed by atoms with Crippen molar-refractivity contribution >= 4 is 27.3 Å². The zero-order chi connectivity index (χ0) is 14.8. The van der Waals surface area contributed by atoms with Gasteiger partial charge in [-0.3, -0.25) is 4.72 Å². The Morgan fingerprint density at radius 3 is 2.65 bits per heavy atom. The van der Waals surface area contributed by atoms with E-state index >= 15 is 0 Å². The topological polar surface area (TPSA) is 79.3 Å². The van der Waals surface area contributed by atoms with Gasteiger partial charge in [-0.2, -0.15) is 8.42 Å². The number of halogens is 2. The summed E-state index contributed by atoms with van der Waals surface area (Å²) in [7, 11) is -4.02. The zero-order valence-electron chi connectivity index (χ0n) is 10.0. The average molecular weight is 317 g/mol. The standard InChI is InChI=1S/C12H10ClFN2O3S/c13-9-2-1-3-10(12(9)14)16-20(18,19)11-5-4-8(7-17)6-15-11/h1-6,16-17H,7H2. The van der Waals surface area contributed by atoms with Gasteiger partial charge in [0.2, 0.25) is 0 Å². The molecule has 106 valence electrons. The fourth-order valence-electron chi connectivity index (χ4n) is 1.44. The first-order valence-corrected chi connectivity index (χ1v) is 7.33. The number of sulfonamides is 1. The van der Waals surface area contributed by atoms with Gasteiger partial charge in [-0.25, -0.2) is 9.37 Å². The van der Waals surface area contributed by atoms with Gasteiger partial charge in [0, 0.05) is 6.20 Å². The van der Waals surface area contributed by atoms with Crippen molar-refractivity contribution in [2.75, 3.05) is 4.72 Å². The molecule has 0 bridgehead atoms. The third kappa shape index (κ3) is 3.06. The predicted molar refractivity (Wildman–Crippen MR) is 72.4 cm³/mol. The summed E-state index contributed by atoms with van der Waals surface area (Å²) in [5.74, 6) is -0.857. The van der Waals surface area contributed by atoms with Crippen LogP contribution in [0.4, 0.5) is 10.1 Å². The van der Waals surface area contributed by atoms with E-state index in [9.17, 15) is 12.8 Å². The summed E-state index contributed by atoms with van der Waals surface area (Å²) in [6.07, 6.45) is 1.23. The summed E-state index contributed by atoms with van der Waals surface area (Å²) in [6, 6.07) is 6.61. The fourth-order valence-corrected chi connectivity index (χ4v) is 2.61. The molecule has 0 atom stereocenters. The van der Waals surface area contributed by atoms with E-state index in [4.69, 9.17) is 16.7 Å². The first-order chi connectivity index (χ1) is 9.44. The minimum atomic E-state index is -4.02. The van der Waals surface area contributed by atoms with Crippen molar-refractivity contribution in [2.24, 2.45) is 0 Å². The second-order valence-electron chi connectivity index (χ2n) is 3.87. The molecule has 2 N–H and O–H groups in total. The lowest BCUT2D eigenvalue weighted by Crippen LogP contribution is -2.15. The smallest absolute Gasteiger partial charge is 0.279 e. The van der Waals surface area contributed by atoms with Crippen LogP contribution in [0.25, 0.3) is 0 Å². The van der Waals surface area contributed by atoms with Crippen LogP contribution in [0.5, 0.6) is 0 Å². The van der Waals surface area contributed by atoms with Crippen LogP contribution in [-0.2, 0) is 16.6 Å². The predicted octanol–water partition coefficient (Wildman–Crippen LogP) is 2.17. The molecule has 1 aromatic heterocycles. The quantitative estimate of drug-likeness (QED) is 0.906. The normalized spacial score (nSPS) is 11.3. The van der Waals surface area contributed by atoms with Crippen LogP contribution in [0.15, 0.2) is 41.6 Å². The lowest BCUT2D eigenvalue weighted by Gasteiger charge is -2.09. The van der Waals surface area contributed by atoms with Gasteiger partial charge in [0.05, 0.1) is 17.3 Å². The first kappa shape index (κ1) is 14.7. The maximum Gasteiger partial charge on any atom is 0.279 e. The number of rotatable bonds is 4. The minimum Gasteiger partial charge on any atom is -0.392 e. The van der Waals surface area contributed by atoms with Gasteiger partial charge < -0.3 is 5.11 Å². The molecular weight excluding hydrogens is 307 g/mol. The Kier molecular flexibility index (Phi) is 4.22. The molecule has 20 heavy (non-hydrogen) atoms. The highest BCUT2D eigenvalue weighted by molar-refractivity contribution is 7.92. The Hall–Kier alpha value is -1.70. The molecule has 8 heteroatoms. The van der Waals surface area contributed by atoms with Gasteiger partial charge >= 0.3 is 0 Å². The van der Waals surface area contributed by atoms with Crippen LogP contribution in [-0.4, -0.2) is 18.5 Å². The molecule has 2 rings (SSSR count). The molecule has 5 nitrogen and oxygen atoms in total. The van der Waals surface area contributed by atoms with E-state index in [2.05, 4.69) is 9.71 Å². The maximum atomic E-state index is 13.7. The summed E-state index contributed by atoms with van der Waals surface area (Å²) in [6.45, 7) is -0.246. The van der Waals surface area contributed by atoms with Crippen LogP contribution >= 0.6 is 11.6 Å². The van der Waals surface area contributed by atoms with Gasteiger partial charge in [0.15, 0.2) is 10.8 Å². The molecule has 1 aromatic carbocycles. The fraction of sp³-hybridized carbons (Fsp3) is 0.0833. The molecule has 0 aliphatic carbocycles. The number of nitrogens with one attached hydrogen (secondary N) is 1. The number of aromatic nitrogens is 1. The number of anilines is 1. The summed E-state index contributed by atoms with van der Waals surface area (Å²) >= 11 is 5.58. The molecular formula is C12H10ClFN2O3S. The molecule has 2 aromatic rings. The van der Waals surface area contributed by atoms with E-state index in [1.54, 1.807) is 0 Å². The van der Waals surface area contributed by atoms with Crippen molar-refractivity contribution in [3.8, 4) is 0 Å². The molecule has 0 spiro atoms. The second kappa shape index (κ2) is 5.74. The Bertz CT molecular complexity index is 720. The van der Waals surface area contributed by atoms with Crippen LogP contribution in [0.1, 0.15) is 5.56 Å².